The van der Waals surface area contributed by atoms with E-state index in [0.717, 1.165) is 23.5 Å². The first kappa shape index (κ1) is 18.5. The minimum Gasteiger partial charge on any atom is -0.378 e. The van der Waals surface area contributed by atoms with Crippen LogP contribution in [0, 0.1) is 24.4 Å². The van der Waals surface area contributed by atoms with Crippen LogP contribution >= 0.6 is 0 Å². The van der Waals surface area contributed by atoms with E-state index in [1.807, 2.05) is 43.3 Å². The van der Waals surface area contributed by atoms with E-state index in [0.29, 0.717) is 11.6 Å². The highest BCUT2D eigenvalue weighted by Crippen LogP contribution is 2.25. The molecule has 0 bridgehead atoms. The van der Waals surface area contributed by atoms with Crippen molar-refractivity contribution in [2.45, 2.75) is 6.92 Å². The van der Waals surface area contributed by atoms with E-state index in [-0.39, 0.29) is 11.5 Å². The fraction of sp³-hybridized carbons (Fsp3) is 0.158. The third-order valence-corrected chi connectivity index (χ3v) is 3.79. The van der Waals surface area contributed by atoms with Crippen molar-refractivity contribution in [3.05, 3.63) is 65.7 Å². The van der Waals surface area contributed by atoms with Crippen molar-refractivity contribution in [3.8, 4) is 0 Å². The molecule has 0 saturated carbocycles. The summed E-state index contributed by atoms with van der Waals surface area (Å²) < 4.78 is 40.3. The first-order valence-electron chi connectivity index (χ1n) is 8.14. The van der Waals surface area contributed by atoms with Crippen LogP contribution in [0.5, 0.6) is 0 Å². The van der Waals surface area contributed by atoms with Crippen LogP contribution in [0.4, 0.5) is 41.9 Å². The summed E-state index contributed by atoms with van der Waals surface area (Å²) in [4.78, 5) is 10.4. The quantitative estimate of drug-likeness (QED) is 0.632. The minimum absolute atomic E-state index is 0.215. The molecule has 3 rings (SSSR count). The second-order valence-corrected chi connectivity index (χ2v) is 6.10. The molecule has 1 heterocycles. The molecule has 0 radical (unpaired) electrons. The Labute approximate surface area is 154 Å². The predicted octanol–water partition coefficient (Wildman–Crippen LogP) is 4.76. The number of nitrogens with one attached hydrogen (secondary N) is 2. The van der Waals surface area contributed by atoms with Crippen molar-refractivity contribution in [1.29, 1.82) is 0 Å². The monoisotopic (exact) mass is 373 g/mol. The topological polar surface area (TPSA) is 53.1 Å². The fourth-order valence-electron chi connectivity index (χ4n) is 2.45. The SMILES string of the molecule is Cc1nc(Nc2ccc(N(C)C)cc2)cc(Nc2ccc(F)c(F)c2F)n1. The Morgan fingerprint density at radius 1 is 0.815 bits per heavy atom. The molecule has 0 saturated heterocycles. The van der Waals surface area contributed by atoms with Gasteiger partial charge < -0.3 is 15.5 Å². The summed E-state index contributed by atoms with van der Waals surface area (Å²) in [5.74, 6) is -2.94. The van der Waals surface area contributed by atoms with Crippen LogP contribution < -0.4 is 15.5 Å². The fourth-order valence-corrected chi connectivity index (χ4v) is 2.45. The van der Waals surface area contributed by atoms with Crippen LogP contribution in [-0.2, 0) is 0 Å². The van der Waals surface area contributed by atoms with E-state index in [1.54, 1.807) is 13.0 Å². The molecule has 0 spiro atoms. The Balaban J connectivity index is 1.83. The van der Waals surface area contributed by atoms with Gasteiger partial charge >= 0.3 is 0 Å². The molecular weight excluding hydrogens is 355 g/mol. The average Bonchev–Trinajstić information content (AvgIpc) is 2.62. The maximum Gasteiger partial charge on any atom is 0.196 e. The van der Waals surface area contributed by atoms with Crippen LogP contribution in [-0.4, -0.2) is 24.1 Å². The lowest BCUT2D eigenvalue weighted by atomic mass is 10.2. The van der Waals surface area contributed by atoms with Crippen molar-refractivity contribution < 1.29 is 13.2 Å². The molecular formula is C19H18F3N5. The molecule has 140 valence electrons. The number of halogens is 3. The van der Waals surface area contributed by atoms with Gasteiger partial charge in [0.05, 0.1) is 5.69 Å². The molecule has 27 heavy (non-hydrogen) atoms. The van der Waals surface area contributed by atoms with Crippen molar-refractivity contribution >= 4 is 28.7 Å². The highest BCUT2D eigenvalue weighted by molar-refractivity contribution is 5.65. The van der Waals surface area contributed by atoms with Crippen molar-refractivity contribution in [2.24, 2.45) is 0 Å². The number of aryl methyl sites for hydroxylation is 1. The summed E-state index contributed by atoms with van der Waals surface area (Å²) in [7, 11) is 3.90. The zero-order chi connectivity index (χ0) is 19.6. The van der Waals surface area contributed by atoms with Gasteiger partial charge in [0.2, 0.25) is 0 Å². The number of aromatic nitrogens is 2. The molecule has 5 nitrogen and oxygen atoms in total. The third-order valence-electron chi connectivity index (χ3n) is 3.79. The van der Waals surface area contributed by atoms with Gasteiger partial charge in [-0.1, -0.05) is 0 Å². The van der Waals surface area contributed by atoms with Gasteiger partial charge in [-0.05, 0) is 43.3 Å². The number of hydrogen-bond acceptors (Lipinski definition) is 5. The molecule has 0 aliphatic rings. The van der Waals surface area contributed by atoms with Gasteiger partial charge in [-0.15, -0.1) is 0 Å². The molecule has 0 unspecified atom stereocenters. The van der Waals surface area contributed by atoms with Gasteiger partial charge in [0.15, 0.2) is 17.5 Å². The van der Waals surface area contributed by atoms with Gasteiger partial charge in [-0.25, -0.2) is 23.1 Å². The van der Waals surface area contributed by atoms with Crippen molar-refractivity contribution in [3.63, 3.8) is 0 Å². The lowest BCUT2D eigenvalue weighted by Crippen LogP contribution is -2.08. The largest absolute Gasteiger partial charge is 0.378 e. The van der Waals surface area contributed by atoms with Gasteiger partial charge in [0.1, 0.15) is 17.5 Å². The Kier molecular flexibility index (Phi) is 5.16. The number of hydrogen-bond donors (Lipinski definition) is 2. The summed E-state index contributed by atoms with van der Waals surface area (Å²) >= 11 is 0. The zero-order valence-corrected chi connectivity index (χ0v) is 15.0. The molecule has 0 fully saturated rings. The van der Waals surface area contributed by atoms with E-state index < -0.39 is 17.5 Å². The number of rotatable bonds is 5. The number of nitrogens with zero attached hydrogens (tertiary/aromatic N) is 3. The van der Waals surface area contributed by atoms with Crippen LogP contribution in [0.1, 0.15) is 5.82 Å². The van der Waals surface area contributed by atoms with Crippen LogP contribution in [0.25, 0.3) is 0 Å². The van der Waals surface area contributed by atoms with Crippen LogP contribution in [0.2, 0.25) is 0 Å². The van der Waals surface area contributed by atoms with Crippen molar-refractivity contribution in [1.82, 2.24) is 9.97 Å². The first-order valence-corrected chi connectivity index (χ1v) is 8.14. The molecule has 0 aliphatic carbocycles. The van der Waals surface area contributed by atoms with E-state index in [1.165, 1.54) is 0 Å². The maximum absolute atomic E-state index is 13.9. The summed E-state index contributed by atoms with van der Waals surface area (Å²) in [6, 6.07) is 11.2. The molecule has 2 N–H and O–H groups in total. The second-order valence-electron chi connectivity index (χ2n) is 6.10. The molecule has 0 aliphatic heterocycles. The average molecular weight is 373 g/mol. The first-order chi connectivity index (χ1) is 12.8. The lowest BCUT2D eigenvalue weighted by Gasteiger charge is -2.14. The summed E-state index contributed by atoms with van der Waals surface area (Å²) in [5, 5.41) is 5.79. The molecule has 1 aromatic heterocycles. The minimum atomic E-state index is -1.54. The van der Waals surface area contributed by atoms with E-state index in [2.05, 4.69) is 20.6 Å². The van der Waals surface area contributed by atoms with Crippen LogP contribution in [0.3, 0.4) is 0 Å². The van der Waals surface area contributed by atoms with Gasteiger partial charge in [0, 0.05) is 31.5 Å². The maximum atomic E-state index is 13.9. The number of anilines is 5. The summed E-state index contributed by atoms with van der Waals surface area (Å²) in [6.45, 7) is 1.67. The van der Waals surface area contributed by atoms with Gasteiger partial charge in [-0.2, -0.15) is 0 Å². The molecule has 3 aromatic rings. The Morgan fingerprint density at radius 3 is 2.07 bits per heavy atom. The third kappa shape index (κ3) is 4.28. The standard InChI is InChI=1S/C19H18F3N5/c1-11-23-16(25-12-4-6-13(7-5-12)27(2)3)10-17(24-11)26-15-9-8-14(20)18(21)19(15)22/h4-10H,1-3H3,(H2,23,24,25,26). The highest BCUT2D eigenvalue weighted by Gasteiger charge is 2.14. The van der Waals surface area contributed by atoms with E-state index >= 15 is 0 Å². The molecule has 8 heteroatoms. The summed E-state index contributed by atoms with van der Waals surface area (Å²) in [6.07, 6.45) is 0. The lowest BCUT2D eigenvalue weighted by molar-refractivity contribution is 0.449. The molecule has 0 amide bonds. The Hall–Kier alpha value is -3.29. The predicted molar refractivity (Wildman–Crippen MR) is 100 cm³/mol. The Morgan fingerprint density at radius 2 is 1.44 bits per heavy atom. The normalized spacial score (nSPS) is 10.6. The smallest absolute Gasteiger partial charge is 0.196 e. The Bertz CT molecular complexity index is 958. The molecule has 2 aromatic carbocycles. The second kappa shape index (κ2) is 7.53. The van der Waals surface area contributed by atoms with E-state index in [4.69, 9.17) is 0 Å². The number of benzene rings is 2. The highest BCUT2D eigenvalue weighted by atomic mass is 19.2. The van der Waals surface area contributed by atoms with Crippen molar-refractivity contribution in [2.75, 3.05) is 29.6 Å². The van der Waals surface area contributed by atoms with E-state index in [9.17, 15) is 13.2 Å². The van der Waals surface area contributed by atoms with Crippen LogP contribution in [0.15, 0.2) is 42.5 Å². The van der Waals surface area contributed by atoms with Gasteiger partial charge in [-0.3, -0.25) is 0 Å². The van der Waals surface area contributed by atoms with Gasteiger partial charge in [0.25, 0.3) is 0 Å². The zero-order valence-electron chi connectivity index (χ0n) is 15.0. The summed E-state index contributed by atoms with van der Waals surface area (Å²) in [5.41, 5.74) is 1.65. The molecule has 0 atom stereocenters.